The van der Waals surface area contributed by atoms with Gasteiger partial charge in [0.05, 0.1) is 12.6 Å². The summed E-state index contributed by atoms with van der Waals surface area (Å²) in [5.41, 5.74) is 4.07. The number of nitrogens with one attached hydrogen (secondary N) is 1. The molecule has 1 fully saturated rings. The van der Waals surface area contributed by atoms with E-state index in [0.29, 0.717) is 6.04 Å². The average molecular weight is 289 g/mol. The molecule has 1 aromatic rings. The van der Waals surface area contributed by atoms with E-state index >= 15 is 0 Å². The second kappa shape index (κ2) is 8.55. The number of benzene rings is 1. The standard InChI is InChI=1S/C19H31NO/c1-4-20-19(18-12-15(2)10-11-16(18)3)14-21-13-17-8-6-5-7-9-17/h10-12,17,19-20H,4-9,13-14H2,1-3H3. The Morgan fingerprint density at radius 3 is 2.67 bits per heavy atom. The van der Waals surface area contributed by atoms with Gasteiger partial charge < -0.3 is 10.1 Å². The normalized spacial score (nSPS) is 17.9. The Morgan fingerprint density at radius 1 is 1.19 bits per heavy atom. The Morgan fingerprint density at radius 2 is 1.95 bits per heavy atom. The highest BCUT2D eigenvalue weighted by Crippen LogP contribution is 2.25. The Bertz CT molecular complexity index is 424. The minimum atomic E-state index is 0.318. The molecule has 2 rings (SSSR count). The van der Waals surface area contributed by atoms with Crippen molar-refractivity contribution in [1.82, 2.24) is 5.32 Å². The van der Waals surface area contributed by atoms with Crippen LogP contribution in [-0.2, 0) is 4.74 Å². The van der Waals surface area contributed by atoms with Crippen LogP contribution >= 0.6 is 0 Å². The van der Waals surface area contributed by atoms with Gasteiger partial charge in [-0.25, -0.2) is 0 Å². The lowest BCUT2D eigenvalue weighted by molar-refractivity contribution is 0.0695. The van der Waals surface area contributed by atoms with Crippen LogP contribution in [0.1, 0.15) is 61.8 Å². The number of aryl methyl sites for hydroxylation is 2. The molecule has 1 unspecified atom stereocenters. The monoisotopic (exact) mass is 289 g/mol. The molecule has 1 aromatic carbocycles. The van der Waals surface area contributed by atoms with Crippen LogP contribution in [0.4, 0.5) is 0 Å². The molecule has 2 heteroatoms. The molecule has 2 nitrogen and oxygen atoms in total. The summed E-state index contributed by atoms with van der Waals surface area (Å²) >= 11 is 0. The predicted molar refractivity (Wildman–Crippen MR) is 89.7 cm³/mol. The van der Waals surface area contributed by atoms with Crippen molar-refractivity contribution in [2.75, 3.05) is 19.8 Å². The summed E-state index contributed by atoms with van der Waals surface area (Å²) < 4.78 is 6.07. The fraction of sp³-hybridized carbons (Fsp3) is 0.684. The van der Waals surface area contributed by atoms with E-state index in [4.69, 9.17) is 4.74 Å². The van der Waals surface area contributed by atoms with Gasteiger partial charge in [-0.15, -0.1) is 0 Å². The molecule has 118 valence electrons. The maximum absolute atomic E-state index is 6.07. The van der Waals surface area contributed by atoms with E-state index in [-0.39, 0.29) is 0 Å². The van der Waals surface area contributed by atoms with Gasteiger partial charge in [-0.3, -0.25) is 0 Å². The lowest BCUT2D eigenvalue weighted by atomic mass is 9.90. The molecule has 0 spiro atoms. The minimum absolute atomic E-state index is 0.318. The number of rotatable bonds is 7. The van der Waals surface area contributed by atoms with Crippen LogP contribution < -0.4 is 5.32 Å². The van der Waals surface area contributed by atoms with Crippen molar-refractivity contribution in [3.05, 3.63) is 34.9 Å². The molecule has 0 heterocycles. The summed E-state index contributed by atoms with van der Waals surface area (Å²) in [4.78, 5) is 0. The molecule has 0 aliphatic heterocycles. The summed E-state index contributed by atoms with van der Waals surface area (Å²) in [6.45, 7) is 9.22. The molecule has 0 aromatic heterocycles. The van der Waals surface area contributed by atoms with Crippen LogP contribution in [0.2, 0.25) is 0 Å². The van der Waals surface area contributed by atoms with E-state index in [1.54, 1.807) is 0 Å². The van der Waals surface area contributed by atoms with Crippen molar-refractivity contribution in [3.8, 4) is 0 Å². The molecule has 1 aliphatic rings. The van der Waals surface area contributed by atoms with Crippen LogP contribution in [-0.4, -0.2) is 19.8 Å². The molecule has 1 atom stereocenters. The summed E-state index contributed by atoms with van der Waals surface area (Å²) in [6.07, 6.45) is 6.91. The first-order valence-corrected chi connectivity index (χ1v) is 8.59. The zero-order valence-corrected chi connectivity index (χ0v) is 14.0. The number of ether oxygens (including phenoxy) is 1. The van der Waals surface area contributed by atoms with E-state index in [9.17, 15) is 0 Å². The van der Waals surface area contributed by atoms with Gasteiger partial charge in [0.15, 0.2) is 0 Å². The van der Waals surface area contributed by atoms with Crippen LogP contribution in [0.3, 0.4) is 0 Å². The van der Waals surface area contributed by atoms with Crippen molar-refractivity contribution >= 4 is 0 Å². The first-order chi connectivity index (χ1) is 10.2. The van der Waals surface area contributed by atoms with Crippen molar-refractivity contribution in [2.45, 2.75) is 58.9 Å². The van der Waals surface area contributed by atoms with Crippen LogP contribution in [0.25, 0.3) is 0 Å². The molecule has 21 heavy (non-hydrogen) atoms. The van der Waals surface area contributed by atoms with E-state index in [0.717, 1.165) is 25.7 Å². The fourth-order valence-electron chi connectivity index (χ4n) is 3.35. The minimum Gasteiger partial charge on any atom is -0.379 e. The van der Waals surface area contributed by atoms with Gasteiger partial charge in [-0.05, 0) is 50.3 Å². The van der Waals surface area contributed by atoms with Crippen molar-refractivity contribution in [3.63, 3.8) is 0 Å². The lowest BCUT2D eigenvalue weighted by Crippen LogP contribution is -2.27. The molecule has 1 aliphatic carbocycles. The first-order valence-electron chi connectivity index (χ1n) is 8.59. The quantitative estimate of drug-likeness (QED) is 0.795. The molecular weight excluding hydrogens is 258 g/mol. The van der Waals surface area contributed by atoms with Gasteiger partial charge in [-0.1, -0.05) is 49.9 Å². The largest absolute Gasteiger partial charge is 0.379 e. The third kappa shape index (κ3) is 5.12. The summed E-state index contributed by atoms with van der Waals surface area (Å²) in [5, 5.41) is 3.58. The van der Waals surface area contributed by atoms with Gasteiger partial charge >= 0.3 is 0 Å². The average Bonchev–Trinajstić information content (AvgIpc) is 2.50. The van der Waals surface area contributed by atoms with E-state index < -0.39 is 0 Å². The van der Waals surface area contributed by atoms with E-state index in [2.05, 4.69) is 44.3 Å². The molecule has 1 saturated carbocycles. The third-order valence-corrected chi connectivity index (χ3v) is 4.62. The maximum Gasteiger partial charge on any atom is 0.0661 e. The predicted octanol–water partition coefficient (Wildman–Crippen LogP) is 4.55. The Balaban J connectivity index is 1.90. The van der Waals surface area contributed by atoms with Gasteiger partial charge in [0.1, 0.15) is 0 Å². The first kappa shape index (κ1) is 16.5. The molecule has 0 radical (unpaired) electrons. The number of hydrogen-bond acceptors (Lipinski definition) is 2. The Kier molecular flexibility index (Phi) is 6.72. The van der Waals surface area contributed by atoms with Crippen LogP contribution in [0.15, 0.2) is 18.2 Å². The smallest absolute Gasteiger partial charge is 0.0661 e. The fourth-order valence-corrected chi connectivity index (χ4v) is 3.35. The molecule has 0 saturated heterocycles. The maximum atomic E-state index is 6.07. The molecule has 0 amide bonds. The van der Waals surface area contributed by atoms with Gasteiger partial charge in [0, 0.05) is 6.61 Å². The van der Waals surface area contributed by atoms with Gasteiger partial charge in [-0.2, -0.15) is 0 Å². The van der Waals surface area contributed by atoms with Crippen molar-refractivity contribution in [2.24, 2.45) is 5.92 Å². The molecule has 0 bridgehead atoms. The van der Waals surface area contributed by atoms with Crippen LogP contribution in [0.5, 0.6) is 0 Å². The van der Waals surface area contributed by atoms with E-state index in [1.807, 2.05) is 0 Å². The van der Waals surface area contributed by atoms with Gasteiger partial charge in [0.2, 0.25) is 0 Å². The number of hydrogen-bond donors (Lipinski definition) is 1. The SMILES string of the molecule is CCNC(COCC1CCCCC1)c1cc(C)ccc1C. The van der Waals surface area contributed by atoms with Crippen molar-refractivity contribution in [1.29, 1.82) is 0 Å². The summed E-state index contributed by atoms with van der Waals surface area (Å²) in [5.74, 6) is 0.791. The Labute approximate surface area is 130 Å². The van der Waals surface area contributed by atoms with Crippen LogP contribution in [0, 0.1) is 19.8 Å². The number of likely N-dealkylation sites (N-methyl/N-ethyl adjacent to an activating group) is 1. The third-order valence-electron chi connectivity index (χ3n) is 4.62. The van der Waals surface area contributed by atoms with Gasteiger partial charge in [0.25, 0.3) is 0 Å². The lowest BCUT2D eigenvalue weighted by Gasteiger charge is -2.24. The summed E-state index contributed by atoms with van der Waals surface area (Å²) in [7, 11) is 0. The topological polar surface area (TPSA) is 21.3 Å². The Hall–Kier alpha value is -0.860. The second-order valence-electron chi connectivity index (χ2n) is 6.51. The highest BCUT2D eigenvalue weighted by Gasteiger charge is 2.16. The zero-order valence-electron chi connectivity index (χ0n) is 14.0. The zero-order chi connectivity index (χ0) is 15.1. The van der Waals surface area contributed by atoms with E-state index in [1.165, 1.54) is 48.8 Å². The highest BCUT2D eigenvalue weighted by molar-refractivity contribution is 5.33. The van der Waals surface area contributed by atoms with Crippen molar-refractivity contribution < 1.29 is 4.74 Å². The molecular formula is C19H31NO. The highest BCUT2D eigenvalue weighted by atomic mass is 16.5. The second-order valence-corrected chi connectivity index (χ2v) is 6.51. The molecule has 1 N–H and O–H groups in total. The summed E-state index contributed by atoms with van der Waals surface area (Å²) in [6, 6.07) is 7.02.